The van der Waals surface area contributed by atoms with Crippen molar-refractivity contribution in [3.05, 3.63) is 140 Å². The zero-order chi connectivity index (χ0) is 27.4. The first-order chi connectivity index (χ1) is 20.9. The second-order valence-corrected chi connectivity index (χ2v) is 12.3. The molecule has 0 bridgehead atoms. The third-order valence-electron chi connectivity index (χ3n) is 9.11. The van der Waals surface area contributed by atoms with E-state index >= 15 is 0 Å². The topological polar surface area (TPSA) is 4.93 Å². The van der Waals surface area contributed by atoms with Crippen LogP contribution in [0.25, 0.3) is 90.8 Å². The largest absolute Gasteiger partial charge is 0.308 e. The standard InChI is InChI=1S/C40H23NS/c1-2-12-25-23-26(22-21-24(25)11-1)41-34-20-10-9-19-33(34)35-30-16-6-7-17-31(30)37-36-29-15-5-3-13-27(29)28-14-4-8-18-32(28)39(36)42-40(37)38(35)41/h1-23H. The summed E-state index contributed by atoms with van der Waals surface area (Å²) in [5.41, 5.74) is 3.74. The van der Waals surface area contributed by atoms with Crippen molar-refractivity contribution in [2.45, 2.75) is 0 Å². The van der Waals surface area contributed by atoms with Gasteiger partial charge in [-0.2, -0.15) is 0 Å². The van der Waals surface area contributed by atoms with Gasteiger partial charge in [0.05, 0.1) is 15.7 Å². The minimum absolute atomic E-state index is 1.20. The van der Waals surface area contributed by atoms with Crippen molar-refractivity contribution in [2.24, 2.45) is 0 Å². The van der Waals surface area contributed by atoms with Crippen LogP contribution >= 0.6 is 11.3 Å². The van der Waals surface area contributed by atoms with E-state index in [1.807, 2.05) is 11.3 Å². The molecule has 10 aromatic rings. The van der Waals surface area contributed by atoms with Gasteiger partial charge < -0.3 is 4.57 Å². The maximum Gasteiger partial charge on any atom is 0.0726 e. The van der Waals surface area contributed by atoms with Crippen LogP contribution in [0.5, 0.6) is 0 Å². The van der Waals surface area contributed by atoms with Gasteiger partial charge in [-0.3, -0.25) is 0 Å². The zero-order valence-corrected chi connectivity index (χ0v) is 23.5. The fourth-order valence-corrected chi connectivity index (χ4v) is 8.79. The number of aromatic nitrogens is 1. The Labute approximate surface area is 245 Å². The summed E-state index contributed by atoms with van der Waals surface area (Å²) in [6.45, 7) is 0. The number of rotatable bonds is 1. The van der Waals surface area contributed by atoms with Crippen LogP contribution in [0.1, 0.15) is 0 Å². The van der Waals surface area contributed by atoms with Crippen LogP contribution in [0, 0.1) is 0 Å². The molecule has 0 N–H and O–H groups in total. The number of para-hydroxylation sites is 1. The molecule has 0 spiro atoms. The van der Waals surface area contributed by atoms with Crippen molar-refractivity contribution in [3.63, 3.8) is 0 Å². The molecule has 0 radical (unpaired) electrons. The summed E-state index contributed by atoms with van der Waals surface area (Å²) >= 11 is 1.96. The first kappa shape index (κ1) is 22.5. The lowest BCUT2D eigenvalue weighted by atomic mass is 9.94. The monoisotopic (exact) mass is 549 g/mol. The smallest absolute Gasteiger partial charge is 0.0726 e. The number of nitrogens with zero attached hydrogens (tertiary/aromatic N) is 1. The van der Waals surface area contributed by atoms with Crippen LogP contribution in [0.4, 0.5) is 0 Å². The lowest BCUT2D eigenvalue weighted by molar-refractivity contribution is 1.19. The Morgan fingerprint density at radius 2 is 0.905 bits per heavy atom. The molecule has 0 aliphatic rings. The molecule has 0 saturated heterocycles. The third-order valence-corrected chi connectivity index (χ3v) is 10.3. The van der Waals surface area contributed by atoms with E-state index in [9.17, 15) is 0 Å². The van der Waals surface area contributed by atoms with E-state index in [0.717, 1.165) is 0 Å². The molecule has 10 rings (SSSR count). The fourth-order valence-electron chi connectivity index (χ4n) is 7.38. The Morgan fingerprint density at radius 3 is 1.67 bits per heavy atom. The van der Waals surface area contributed by atoms with Gasteiger partial charge in [-0.25, -0.2) is 0 Å². The third kappa shape index (κ3) is 2.82. The van der Waals surface area contributed by atoms with Gasteiger partial charge in [0.2, 0.25) is 0 Å². The minimum Gasteiger partial charge on any atom is -0.308 e. The summed E-state index contributed by atoms with van der Waals surface area (Å²) in [7, 11) is 0. The molecular weight excluding hydrogens is 527 g/mol. The van der Waals surface area contributed by atoms with E-state index < -0.39 is 0 Å². The maximum atomic E-state index is 2.52. The van der Waals surface area contributed by atoms with Gasteiger partial charge in [0.15, 0.2) is 0 Å². The predicted octanol–water partition coefficient (Wildman–Crippen LogP) is 11.8. The van der Waals surface area contributed by atoms with Crippen LogP contribution in [0.15, 0.2) is 140 Å². The summed E-state index contributed by atoms with van der Waals surface area (Å²) in [6, 6.07) is 51.4. The van der Waals surface area contributed by atoms with Gasteiger partial charge in [0.25, 0.3) is 0 Å². The van der Waals surface area contributed by atoms with Gasteiger partial charge in [-0.1, -0.05) is 121 Å². The van der Waals surface area contributed by atoms with Crippen molar-refractivity contribution in [2.75, 3.05) is 0 Å². The molecule has 2 heteroatoms. The van der Waals surface area contributed by atoms with E-state index in [1.165, 1.54) is 90.8 Å². The van der Waals surface area contributed by atoms with E-state index in [2.05, 4.69) is 144 Å². The summed E-state index contributed by atoms with van der Waals surface area (Å²) in [5.74, 6) is 0. The molecule has 2 heterocycles. The summed E-state index contributed by atoms with van der Waals surface area (Å²) < 4.78 is 5.24. The second-order valence-electron chi connectivity index (χ2n) is 11.3. The molecule has 2 aromatic heterocycles. The molecule has 8 aromatic carbocycles. The molecular formula is C40H23NS. The lowest BCUT2D eigenvalue weighted by Crippen LogP contribution is -1.94. The maximum absolute atomic E-state index is 2.52. The number of hydrogen-bond acceptors (Lipinski definition) is 1. The van der Waals surface area contributed by atoms with Gasteiger partial charge in [-0.05, 0) is 55.9 Å². The van der Waals surface area contributed by atoms with Crippen molar-refractivity contribution in [3.8, 4) is 5.69 Å². The molecule has 42 heavy (non-hydrogen) atoms. The quantitative estimate of drug-likeness (QED) is 0.179. The van der Waals surface area contributed by atoms with E-state index in [0.29, 0.717) is 0 Å². The van der Waals surface area contributed by atoms with Gasteiger partial charge in [0, 0.05) is 37.3 Å². The Bertz CT molecular complexity index is 2740. The van der Waals surface area contributed by atoms with Crippen LogP contribution < -0.4 is 0 Å². The minimum atomic E-state index is 1.20. The molecule has 0 amide bonds. The van der Waals surface area contributed by atoms with E-state index in [1.54, 1.807) is 0 Å². The number of benzene rings is 8. The van der Waals surface area contributed by atoms with Crippen molar-refractivity contribution >= 4 is 96.4 Å². The van der Waals surface area contributed by atoms with E-state index in [-0.39, 0.29) is 0 Å². The first-order valence-corrected chi connectivity index (χ1v) is 15.3. The fraction of sp³-hybridized carbons (Fsp3) is 0. The predicted molar refractivity (Wildman–Crippen MR) is 184 cm³/mol. The molecule has 0 aliphatic heterocycles. The molecule has 0 saturated carbocycles. The van der Waals surface area contributed by atoms with Crippen LogP contribution in [0.3, 0.4) is 0 Å². The number of thiophene rings is 1. The first-order valence-electron chi connectivity index (χ1n) is 14.5. The highest BCUT2D eigenvalue weighted by molar-refractivity contribution is 7.28. The van der Waals surface area contributed by atoms with Gasteiger partial charge in [-0.15, -0.1) is 11.3 Å². The molecule has 0 aliphatic carbocycles. The van der Waals surface area contributed by atoms with Crippen molar-refractivity contribution in [1.29, 1.82) is 0 Å². The van der Waals surface area contributed by atoms with Gasteiger partial charge in [0.1, 0.15) is 0 Å². The Kier molecular flexibility index (Phi) is 4.39. The summed E-state index contributed by atoms with van der Waals surface area (Å²) in [5, 5.41) is 15.8. The molecule has 0 atom stereocenters. The van der Waals surface area contributed by atoms with E-state index in [4.69, 9.17) is 0 Å². The van der Waals surface area contributed by atoms with Crippen LogP contribution in [-0.4, -0.2) is 4.57 Å². The lowest BCUT2D eigenvalue weighted by Gasteiger charge is -2.11. The number of fused-ring (bicyclic) bond motifs is 16. The highest BCUT2D eigenvalue weighted by Crippen LogP contribution is 2.51. The highest BCUT2D eigenvalue weighted by Gasteiger charge is 2.23. The van der Waals surface area contributed by atoms with Crippen molar-refractivity contribution in [1.82, 2.24) is 4.57 Å². The zero-order valence-electron chi connectivity index (χ0n) is 22.6. The summed E-state index contributed by atoms with van der Waals surface area (Å²) in [4.78, 5) is 0. The Hall–Kier alpha value is -5.18. The molecule has 0 fully saturated rings. The second kappa shape index (κ2) is 8.19. The average Bonchev–Trinajstić information content (AvgIpc) is 3.63. The Morgan fingerprint density at radius 1 is 0.381 bits per heavy atom. The number of hydrogen-bond donors (Lipinski definition) is 0. The normalized spacial score (nSPS) is 12.3. The van der Waals surface area contributed by atoms with Crippen LogP contribution in [0.2, 0.25) is 0 Å². The average molecular weight is 550 g/mol. The highest BCUT2D eigenvalue weighted by atomic mass is 32.1. The Balaban J connectivity index is 1.54. The van der Waals surface area contributed by atoms with Crippen molar-refractivity contribution < 1.29 is 0 Å². The van der Waals surface area contributed by atoms with Crippen LogP contribution in [-0.2, 0) is 0 Å². The van der Waals surface area contributed by atoms with Gasteiger partial charge >= 0.3 is 0 Å². The molecule has 0 unspecified atom stereocenters. The summed E-state index contributed by atoms with van der Waals surface area (Å²) in [6.07, 6.45) is 0. The SMILES string of the molecule is c1ccc2cc(-n3c4ccccc4c4c5ccccc5c5c(sc6c7ccccc7c7ccccc7c65)c43)ccc2c1. The molecule has 194 valence electrons. The molecule has 1 nitrogen and oxygen atoms in total.